The zero-order valence-corrected chi connectivity index (χ0v) is 21.1. The summed E-state index contributed by atoms with van der Waals surface area (Å²) in [6.07, 6.45) is 2.73. The highest BCUT2D eigenvalue weighted by atomic mass is 32.1. The molecule has 3 aromatic rings. The van der Waals surface area contributed by atoms with Crippen molar-refractivity contribution >= 4 is 28.7 Å². The third kappa shape index (κ3) is 5.74. The number of H-pyrrole nitrogens is 1. The number of carbonyl (C=O) groups excluding carboxylic acids is 1. The van der Waals surface area contributed by atoms with Crippen molar-refractivity contribution in [3.63, 3.8) is 0 Å². The van der Waals surface area contributed by atoms with E-state index in [1.165, 1.54) is 14.3 Å². The fraction of sp³-hybridized carbons (Fsp3) is 0.423. The molecule has 0 radical (unpaired) electrons. The monoisotopic (exact) mass is 495 g/mol. The third-order valence-electron chi connectivity index (χ3n) is 6.47. The van der Waals surface area contributed by atoms with E-state index in [0.717, 1.165) is 24.9 Å². The Morgan fingerprint density at radius 3 is 2.66 bits per heavy atom. The Morgan fingerprint density at radius 1 is 1.20 bits per heavy atom. The van der Waals surface area contributed by atoms with Gasteiger partial charge in [-0.1, -0.05) is 50.2 Å². The van der Waals surface area contributed by atoms with Gasteiger partial charge >= 0.3 is 5.69 Å². The van der Waals surface area contributed by atoms with Crippen molar-refractivity contribution in [2.45, 2.75) is 45.7 Å². The predicted molar refractivity (Wildman–Crippen MR) is 141 cm³/mol. The van der Waals surface area contributed by atoms with Crippen molar-refractivity contribution in [2.24, 2.45) is 5.92 Å². The van der Waals surface area contributed by atoms with Crippen molar-refractivity contribution in [3.8, 4) is 0 Å². The van der Waals surface area contributed by atoms with Crippen LogP contribution in [-0.2, 0) is 11.3 Å². The van der Waals surface area contributed by atoms with Crippen LogP contribution >= 0.6 is 11.3 Å². The number of aromatic amines is 1. The number of likely N-dealkylation sites (tertiary alicyclic amines) is 1. The van der Waals surface area contributed by atoms with E-state index >= 15 is 0 Å². The molecule has 1 unspecified atom stereocenters. The average Bonchev–Trinajstić information content (AvgIpc) is 3.51. The van der Waals surface area contributed by atoms with Crippen LogP contribution in [-0.4, -0.2) is 40.0 Å². The van der Waals surface area contributed by atoms with Crippen LogP contribution in [0.1, 0.15) is 49.6 Å². The van der Waals surface area contributed by atoms with Gasteiger partial charge in [0.25, 0.3) is 5.56 Å². The second kappa shape index (κ2) is 11.0. The van der Waals surface area contributed by atoms with Crippen LogP contribution in [0.25, 0.3) is 0 Å². The summed E-state index contributed by atoms with van der Waals surface area (Å²) >= 11 is 1.70. The van der Waals surface area contributed by atoms with Gasteiger partial charge in [-0.3, -0.25) is 24.0 Å². The molecule has 0 bridgehead atoms. The van der Waals surface area contributed by atoms with Crippen LogP contribution in [0.15, 0.2) is 57.4 Å². The van der Waals surface area contributed by atoms with Gasteiger partial charge in [-0.2, -0.15) is 0 Å². The molecule has 35 heavy (non-hydrogen) atoms. The Labute approximate surface area is 209 Å². The number of amides is 1. The highest BCUT2D eigenvalue weighted by Crippen LogP contribution is 2.34. The molecule has 3 N–H and O–H groups in total. The molecular weight excluding hydrogens is 462 g/mol. The van der Waals surface area contributed by atoms with Crippen LogP contribution in [0, 0.1) is 5.92 Å². The standard InChI is InChI=1S/C26H33N5O3S/c1-18(2)12-14-30(22(32)17-29-13-6-10-20(29)21-11-7-15-35-21)23-24(27)31(26(34)28-25(23)33)16-19-8-4-3-5-9-19/h3-5,7-9,11,15,18,20H,6,10,12-14,16-17,27H2,1-2H3,(H,28,33,34). The Morgan fingerprint density at radius 2 is 1.97 bits per heavy atom. The Balaban J connectivity index is 1.66. The molecule has 0 spiro atoms. The molecule has 1 aliphatic heterocycles. The van der Waals surface area contributed by atoms with Gasteiger partial charge in [0.2, 0.25) is 5.91 Å². The average molecular weight is 496 g/mol. The third-order valence-corrected chi connectivity index (χ3v) is 7.45. The Hall–Kier alpha value is -3.17. The molecule has 1 saturated heterocycles. The number of nitrogens with one attached hydrogen (secondary N) is 1. The van der Waals surface area contributed by atoms with Gasteiger partial charge in [-0.15, -0.1) is 11.3 Å². The van der Waals surface area contributed by atoms with Crippen molar-refractivity contribution < 1.29 is 4.79 Å². The van der Waals surface area contributed by atoms with Crippen molar-refractivity contribution in [1.82, 2.24) is 14.5 Å². The molecule has 1 atom stereocenters. The molecule has 1 aromatic carbocycles. The van der Waals surface area contributed by atoms with Crippen LogP contribution in [0.3, 0.4) is 0 Å². The number of nitrogens with zero attached hydrogens (tertiary/aromatic N) is 3. The lowest BCUT2D eigenvalue weighted by molar-refractivity contribution is -0.120. The first kappa shape index (κ1) is 24.9. The van der Waals surface area contributed by atoms with E-state index in [1.807, 2.05) is 36.4 Å². The molecule has 3 heterocycles. The van der Waals surface area contributed by atoms with Crippen molar-refractivity contribution in [1.29, 1.82) is 0 Å². The molecule has 8 nitrogen and oxygen atoms in total. The highest BCUT2D eigenvalue weighted by Gasteiger charge is 2.31. The molecule has 9 heteroatoms. The SMILES string of the molecule is CC(C)CCN(C(=O)CN1CCCC1c1cccs1)c1c(N)n(Cc2ccccc2)c(=O)[nH]c1=O. The van der Waals surface area contributed by atoms with E-state index < -0.39 is 11.2 Å². The molecule has 0 aliphatic carbocycles. The fourth-order valence-electron chi connectivity index (χ4n) is 4.59. The lowest BCUT2D eigenvalue weighted by Gasteiger charge is -2.29. The molecule has 1 aliphatic rings. The highest BCUT2D eigenvalue weighted by molar-refractivity contribution is 7.10. The van der Waals surface area contributed by atoms with Gasteiger partial charge < -0.3 is 10.6 Å². The molecule has 4 rings (SSSR count). The zero-order valence-electron chi connectivity index (χ0n) is 20.3. The number of nitrogens with two attached hydrogens (primary N) is 1. The number of nitrogen functional groups attached to an aromatic ring is 1. The molecule has 1 amide bonds. The van der Waals surface area contributed by atoms with Gasteiger partial charge in [-0.05, 0) is 48.7 Å². The second-order valence-corrected chi connectivity index (χ2v) is 10.4. The first-order valence-corrected chi connectivity index (χ1v) is 13.0. The Kier molecular flexibility index (Phi) is 7.87. The lowest BCUT2D eigenvalue weighted by Crippen LogP contribution is -2.45. The summed E-state index contributed by atoms with van der Waals surface area (Å²) < 4.78 is 1.33. The van der Waals surface area contributed by atoms with Crippen LogP contribution in [0.4, 0.5) is 11.5 Å². The maximum absolute atomic E-state index is 13.7. The van der Waals surface area contributed by atoms with E-state index in [-0.39, 0.29) is 36.5 Å². The van der Waals surface area contributed by atoms with E-state index in [9.17, 15) is 14.4 Å². The summed E-state index contributed by atoms with van der Waals surface area (Å²) in [5.74, 6) is 0.152. The van der Waals surface area contributed by atoms with E-state index in [0.29, 0.717) is 18.9 Å². The lowest BCUT2D eigenvalue weighted by atomic mass is 10.1. The van der Waals surface area contributed by atoms with Crippen LogP contribution < -0.4 is 21.9 Å². The smallest absolute Gasteiger partial charge is 0.330 e. The van der Waals surface area contributed by atoms with Crippen molar-refractivity contribution in [2.75, 3.05) is 30.3 Å². The summed E-state index contributed by atoms with van der Waals surface area (Å²) in [4.78, 5) is 46.6. The van der Waals surface area contributed by atoms with E-state index in [2.05, 4.69) is 35.2 Å². The summed E-state index contributed by atoms with van der Waals surface area (Å²) in [5.41, 5.74) is 6.13. The van der Waals surface area contributed by atoms with Gasteiger partial charge in [-0.25, -0.2) is 4.79 Å². The molecule has 186 valence electrons. The first-order chi connectivity index (χ1) is 16.8. The summed E-state index contributed by atoms with van der Waals surface area (Å²) in [6.45, 7) is 5.71. The largest absolute Gasteiger partial charge is 0.383 e. The summed E-state index contributed by atoms with van der Waals surface area (Å²) in [7, 11) is 0. The second-order valence-electron chi connectivity index (χ2n) is 9.44. The van der Waals surface area contributed by atoms with Gasteiger partial charge in [0.15, 0.2) is 5.69 Å². The molecule has 0 saturated carbocycles. The minimum Gasteiger partial charge on any atom is -0.383 e. The minimum atomic E-state index is -0.634. The van der Waals surface area contributed by atoms with E-state index in [1.54, 1.807) is 11.3 Å². The van der Waals surface area contributed by atoms with Crippen LogP contribution in [0.5, 0.6) is 0 Å². The van der Waals surface area contributed by atoms with E-state index in [4.69, 9.17) is 5.73 Å². The van der Waals surface area contributed by atoms with Gasteiger partial charge in [0.05, 0.1) is 13.1 Å². The number of aromatic nitrogens is 2. The fourth-order valence-corrected chi connectivity index (χ4v) is 5.48. The number of rotatable bonds is 9. The van der Waals surface area contributed by atoms with Gasteiger partial charge in [0.1, 0.15) is 5.82 Å². The number of thiophene rings is 1. The van der Waals surface area contributed by atoms with Crippen LogP contribution in [0.2, 0.25) is 0 Å². The topological polar surface area (TPSA) is 104 Å². The quantitative estimate of drug-likeness (QED) is 0.473. The predicted octanol–water partition coefficient (Wildman–Crippen LogP) is 3.44. The number of benzene rings is 1. The maximum atomic E-state index is 13.7. The zero-order chi connectivity index (χ0) is 24.9. The number of hydrogen-bond acceptors (Lipinski definition) is 6. The minimum absolute atomic E-state index is 0.0101. The summed E-state index contributed by atoms with van der Waals surface area (Å²) in [6, 6.07) is 13.8. The first-order valence-electron chi connectivity index (χ1n) is 12.1. The van der Waals surface area contributed by atoms with Gasteiger partial charge in [0, 0.05) is 17.5 Å². The number of hydrogen-bond donors (Lipinski definition) is 2. The maximum Gasteiger partial charge on any atom is 0.330 e. The number of carbonyl (C=O) groups is 1. The number of anilines is 2. The molecule has 2 aromatic heterocycles. The summed E-state index contributed by atoms with van der Waals surface area (Å²) in [5, 5.41) is 2.05. The Bertz CT molecular complexity index is 1250. The normalized spacial score (nSPS) is 16.1. The molecule has 1 fully saturated rings. The molecular formula is C26H33N5O3S. The van der Waals surface area contributed by atoms with Crippen molar-refractivity contribution in [3.05, 3.63) is 79.1 Å².